The van der Waals surface area contributed by atoms with Crippen molar-refractivity contribution in [1.29, 1.82) is 0 Å². The van der Waals surface area contributed by atoms with Crippen LogP contribution in [0.25, 0.3) is 32.7 Å². The molecule has 192 valence electrons. The first-order valence-electron chi connectivity index (χ1n) is 12.1. The van der Waals surface area contributed by atoms with Gasteiger partial charge in [0.2, 0.25) is 0 Å². The highest BCUT2D eigenvalue weighted by atomic mass is 16.5. The number of benzene rings is 5. The van der Waals surface area contributed by atoms with Crippen LogP contribution in [-0.2, 0) is 12.8 Å². The van der Waals surface area contributed by atoms with Crippen molar-refractivity contribution in [3.63, 3.8) is 0 Å². The molecule has 0 bridgehead atoms. The smallest absolute Gasteiger partial charge is 0.132 e. The first-order valence-corrected chi connectivity index (χ1v) is 12.1. The van der Waals surface area contributed by atoms with Gasteiger partial charge in [0.15, 0.2) is 0 Å². The fraction of sp³-hybridized carbons (Fsp3) is 0.161. The second-order valence-electron chi connectivity index (χ2n) is 9.45. The van der Waals surface area contributed by atoms with E-state index in [1.165, 1.54) is 14.2 Å². The molecule has 38 heavy (non-hydrogen) atoms. The van der Waals surface area contributed by atoms with Gasteiger partial charge in [-0.15, -0.1) is 0 Å². The molecular weight excluding hydrogens is 484 g/mol. The molecule has 0 aliphatic heterocycles. The SMILES string of the molecule is COc1cc(O)c2c(c1)Cc1cc(O)c(-c3c(OC)cc(OC)c4cc5c(O)cccc5c(O)c34)cc1C2. The van der Waals surface area contributed by atoms with Crippen LogP contribution < -0.4 is 14.2 Å². The molecule has 4 N–H and O–H groups in total. The number of hydrogen-bond donors (Lipinski definition) is 4. The van der Waals surface area contributed by atoms with Gasteiger partial charge < -0.3 is 34.6 Å². The van der Waals surface area contributed by atoms with Gasteiger partial charge in [-0.05, 0) is 53.4 Å². The Balaban J connectivity index is 1.64. The molecule has 1 aliphatic carbocycles. The fourth-order valence-electron chi connectivity index (χ4n) is 5.59. The van der Waals surface area contributed by atoms with E-state index in [2.05, 4.69) is 0 Å². The Labute approximate surface area is 218 Å². The largest absolute Gasteiger partial charge is 0.508 e. The molecule has 0 fully saturated rings. The lowest BCUT2D eigenvalue weighted by atomic mass is 9.82. The molecule has 0 radical (unpaired) electrons. The lowest BCUT2D eigenvalue weighted by Gasteiger charge is -2.24. The maximum atomic E-state index is 11.5. The van der Waals surface area contributed by atoms with E-state index in [1.807, 2.05) is 12.1 Å². The second kappa shape index (κ2) is 8.66. The van der Waals surface area contributed by atoms with Crippen molar-refractivity contribution in [3.8, 4) is 51.4 Å². The van der Waals surface area contributed by atoms with E-state index in [0.29, 0.717) is 62.8 Å². The lowest BCUT2D eigenvalue weighted by Crippen LogP contribution is -2.08. The molecule has 0 spiro atoms. The van der Waals surface area contributed by atoms with Crippen LogP contribution in [0.15, 0.2) is 54.6 Å². The predicted molar refractivity (Wildman–Crippen MR) is 145 cm³/mol. The van der Waals surface area contributed by atoms with Crippen molar-refractivity contribution in [2.75, 3.05) is 21.3 Å². The van der Waals surface area contributed by atoms with Gasteiger partial charge in [-0.1, -0.05) is 12.1 Å². The summed E-state index contributed by atoms with van der Waals surface area (Å²) in [6, 6.07) is 15.5. The number of rotatable bonds is 4. The van der Waals surface area contributed by atoms with Crippen LogP contribution in [0.2, 0.25) is 0 Å². The highest BCUT2D eigenvalue weighted by Crippen LogP contribution is 2.52. The number of ether oxygens (including phenoxy) is 3. The first-order chi connectivity index (χ1) is 18.3. The Bertz CT molecular complexity index is 1770. The number of methoxy groups -OCH3 is 3. The zero-order chi connectivity index (χ0) is 26.7. The lowest BCUT2D eigenvalue weighted by molar-refractivity contribution is 0.398. The Morgan fingerprint density at radius 2 is 1.37 bits per heavy atom. The number of aromatic hydroxyl groups is 4. The third-order valence-corrected chi connectivity index (χ3v) is 7.46. The summed E-state index contributed by atoms with van der Waals surface area (Å²) in [5, 5.41) is 45.9. The molecule has 5 aromatic carbocycles. The summed E-state index contributed by atoms with van der Waals surface area (Å²) >= 11 is 0. The minimum Gasteiger partial charge on any atom is -0.508 e. The van der Waals surface area contributed by atoms with Crippen molar-refractivity contribution in [1.82, 2.24) is 0 Å². The van der Waals surface area contributed by atoms with Crippen LogP contribution >= 0.6 is 0 Å². The predicted octanol–water partition coefficient (Wildman–Crippen LogP) is 6.00. The Hall–Kier alpha value is -4.78. The number of phenols is 4. The van der Waals surface area contributed by atoms with E-state index in [-0.39, 0.29) is 23.0 Å². The zero-order valence-corrected chi connectivity index (χ0v) is 21.1. The van der Waals surface area contributed by atoms with E-state index in [0.717, 1.165) is 22.3 Å². The second-order valence-corrected chi connectivity index (χ2v) is 9.45. The van der Waals surface area contributed by atoms with E-state index in [4.69, 9.17) is 14.2 Å². The zero-order valence-electron chi connectivity index (χ0n) is 21.1. The highest BCUT2D eigenvalue weighted by Gasteiger charge is 2.26. The summed E-state index contributed by atoms with van der Waals surface area (Å²) in [5.41, 5.74) is 4.59. The first kappa shape index (κ1) is 23.6. The van der Waals surface area contributed by atoms with Crippen molar-refractivity contribution in [2.45, 2.75) is 12.8 Å². The van der Waals surface area contributed by atoms with Crippen LogP contribution in [0.5, 0.6) is 40.2 Å². The summed E-state index contributed by atoms with van der Waals surface area (Å²) in [7, 11) is 4.60. The van der Waals surface area contributed by atoms with Gasteiger partial charge >= 0.3 is 0 Å². The number of fused-ring (bicyclic) bond motifs is 4. The standard InChI is InChI=1S/C31H26O7/c1-36-18-8-17-7-15-11-25(33)22(10-16(15)9-20(17)26(34)12-18)29-28(38-3)14-27(37-2)23-13-21-19(31(35)30(23)29)5-4-6-24(21)32/h4-6,8,10-14,32-35H,7,9H2,1-3H3. The van der Waals surface area contributed by atoms with Gasteiger partial charge in [-0.2, -0.15) is 0 Å². The summed E-state index contributed by atoms with van der Waals surface area (Å²) in [6.45, 7) is 0. The fourth-order valence-corrected chi connectivity index (χ4v) is 5.59. The minimum absolute atomic E-state index is 0.0273. The number of phenolic OH excluding ortho intramolecular Hbond substituents is 4. The Kier molecular flexibility index (Phi) is 5.38. The van der Waals surface area contributed by atoms with Gasteiger partial charge in [0.1, 0.15) is 40.2 Å². The van der Waals surface area contributed by atoms with Gasteiger partial charge in [-0.3, -0.25) is 0 Å². The summed E-state index contributed by atoms with van der Waals surface area (Å²) < 4.78 is 16.7. The third-order valence-electron chi connectivity index (χ3n) is 7.46. The molecule has 5 aromatic rings. The van der Waals surface area contributed by atoms with Gasteiger partial charge in [0.05, 0.1) is 21.3 Å². The molecule has 0 aromatic heterocycles. The van der Waals surface area contributed by atoms with E-state index < -0.39 is 0 Å². The van der Waals surface area contributed by atoms with Crippen molar-refractivity contribution in [2.24, 2.45) is 0 Å². The van der Waals surface area contributed by atoms with Crippen molar-refractivity contribution >= 4 is 21.5 Å². The monoisotopic (exact) mass is 510 g/mol. The molecule has 7 nitrogen and oxygen atoms in total. The van der Waals surface area contributed by atoms with Crippen molar-refractivity contribution < 1.29 is 34.6 Å². The summed E-state index contributed by atoms with van der Waals surface area (Å²) in [5.74, 6) is 1.59. The van der Waals surface area contributed by atoms with Gasteiger partial charge in [-0.25, -0.2) is 0 Å². The molecule has 0 unspecified atom stereocenters. The van der Waals surface area contributed by atoms with Crippen LogP contribution in [0, 0.1) is 0 Å². The molecule has 0 atom stereocenters. The van der Waals surface area contributed by atoms with E-state index >= 15 is 0 Å². The Morgan fingerprint density at radius 1 is 0.605 bits per heavy atom. The van der Waals surface area contributed by atoms with Gasteiger partial charge in [0, 0.05) is 56.8 Å². The molecule has 6 rings (SSSR count). The maximum Gasteiger partial charge on any atom is 0.132 e. The molecule has 0 saturated carbocycles. The van der Waals surface area contributed by atoms with Crippen LogP contribution in [0.4, 0.5) is 0 Å². The quantitative estimate of drug-likeness (QED) is 0.215. The molecule has 0 heterocycles. The molecular formula is C31H26O7. The van der Waals surface area contributed by atoms with Gasteiger partial charge in [0.25, 0.3) is 0 Å². The van der Waals surface area contributed by atoms with Crippen LogP contribution in [0.1, 0.15) is 22.3 Å². The van der Waals surface area contributed by atoms with E-state index in [9.17, 15) is 20.4 Å². The summed E-state index contributed by atoms with van der Waals surface area (Å²) in [4.78, 5) is 0. The topological polar surface area (TPSA) is 109 Å². The number of hydrogen-bond acceptors (Lipinski definition) is 7. The normalized spacial score (nSPS) is 12.3. The average Bonchev–Trinajstić information content (AvgIpc) is 2.91. The van der Waals surface area contributed by atoms with Crippen molar-refractivity contribution in [3.05, 3.63) is 76.9 Å². The molecule has 0 amide bonds. The average molecular weight is 511 g/mol. The highest BCUT2D eigenvalue weighted by molar-refractivity contribution is 6.15. The summed E-state index contributed by atoms with van der Waals surface area (Å²) in [6.07, 6.45) is 0.992. The Morgan fingerprint density at radius 3 is 2.11 bits per heavy atom. The minimum atomic E-state index is -0.0622. The van der Waals surface area contributed by atoms with Crippen LogP contribution in [-0.4, -0.2) is 41.8 Å². The van der Waals surface area contributed by atoms with E-state index in [1.54, 1.807) is 49.6 Å². The molecule has 0 saturated heterocycles. The van der Waals surface area contributed by atoms with Crippen LogP contribution in [0.3, 0.4) is 0 Å². The maximum absolute atomic E-state index is 11.5. The molecule has 7 heteroatoms. The third kappa shape index (κ3) is 3.43. The molecule has 1 aliphatic rings.